The molecule has 0 bridgehead atoms. The Kier molecular flexibility index (Phi) is 3.34. The van der Waals surface area contributed by atoms with E-state index in [2.05, 4.69) is 10.3 Å². The van der Waals surface area contributed by atoms with Gasteiger partial charge in [-0.05, 0) is 55.9 Å². The number of aromatic nitrogens is 1. The molecule has 4 heteroatoms. The zero-order valence-corrected chi connectivity index (χ0v) is 11.7. The molecular formula is C15H16N2OS. The minimum absolute atomic E-state index is 0.0406. The minimum Gasteiger partial charge on any atom is -0.306 e. The summed E-state index contributed by atoms with van der Waals surface area (Å²) >= 11 is 1.63. The van der Waals surface area contributed by atoms with Crippen LogP contribution < -0.4 is 5.32 Å². The van der Waals surface area contributed by atoms with Crippen LogP contribution in [0, 0.1) is 6.92 Å². The minimum atomic E-state index is -0.0406. The van der Waals surface area contributed by atoms with Gasteiger partial charge in [0, 0.05) is 11.1 Å². The average Bonchev–Trinajstić information content (AvgIpc) is 2.85. The number of carbonyl (C=O) groups excluding carboxylic acids is 1. The van der Waals surface area contributed by atoms with Gasteiger partial charge in [0.25, 0.3) is 5.91 Å². The zero-order chi connectivity index (χ0) is 13.2. The lowest BCUT2D eigenvalue weighted by atomic mass is 9.99. The number of pyridine rings is 1. The van der Waals surface area contributed by atoms with Crippen LogP contribution in [0.5, 0.6) is 0 Å². The molecule has 1 aliphatic rings. The van der Waals surface area contributed by atoms with Crippen molar-refractivity contribution in [1.82, 2.24) is 4.98 Å². The highest BCUT2D eigenvalue weighted by Crippen LogP contribution is 2.30. The Balaban J connectivity index is 1.81. The third kappa shape index (κ3) is 2.54. The number of nitrogens with zero attached hydrogens (tertiary/aromatic N) is 1. The summed E-state index contributed by atoms with van der Waals surface area (Å²) < 4.78 is 0. The fourth-order valence-electron chi connectivity index (χ4n) is 2.39. The van der Waals surface area contributed by atoms with Crippen molar-refractivity contribution in [2.24, 2.45) is 0 Å². The third-order valence-electron chi connectivity index (χ3n) is 3.46. The molecule has 0 unspecified atom stereocenters. The van der Waals surface area contributed by atoms with Crippen molar-refractivity contribution in [1.29, 1.82) is 0 Å². The summed E-state index contributed by atoms with van der Waals surface area (Å²) in [6.45, 7) is 1.95. The summed E-state index contributed by atoms with van der Waals surface area (Å²) in [7, 11) is 0. The van der Waals surface area contributed by atoms with Crippen LogP contribution in [0.15, 0.2) is 24.4 Å². The van der Waals surface area contributed by atoms with Gasteiger partial charge in [0.05, 0.1) is 4.88 Å². The van der Waals surface area contributed by atoms with Crippen LogP contribution in [0.4, 0.5) is 5.82 Å². The van der Waals surface area contributed by atoms with Crippen molar-refractivity contribution in [3.8, 4) is 0 Å². The molecule has 3 rings (SSSR count). The number of amides is 1. The molecule has 0 spiro atoms. The van der Waals surface area contributed by atoms with E-state index in [1.54, 1.807) is 17.5 Å². The first-order chi connectivity index (χ1) is 9.24. The normalized spacial score (nSPS) is 13.9. The quantitative estimate of drug-likeness (QED) is 0.908. The standard InChI is InChI=1S/C15H16N2OS/c1-10-5-4-8-16-14(10)17-15(18)13-9-11-6-2-3-7-12(11)19-13/h4-5,8-9H,2-3,6-7H2,1H3,(H,16,17,18). The molecule has 0 fully saturated rings. The van der Waals surface area contributed by atoms with Gasteiger partial charge in [-0.25, -0.2) is 4.98 Å². The van der Waals surface area contributed by atoms with Crippen LogP contribution in [0.3, 0.4) is 0 Å². The van der Waals surface area contributed by atoms with Crippen LogP contribution >= 0.6 is 11.3 Å². The Hall–Kier alpha value is -1.68. The number of carbonyl (C=O) groups is 1. The molecule has 98 valence electrons. The molecular weight excluding hydrogens is 256 g/mol. The Labute approximate surface area is 116 Å². The summed E-state index contributed by atoms with van der Waals surface area (Å²) in [5.74, 6) is 0.611. The van der Waals surface area contributed by atoms with E-state index in [4.69, 9.17) is 0 Å². The van der Waals surface area contributed by atoms with Gasteiger partial charge in [0.15, 0.2) is 0 Å². The summed E-state index contributed by atoms with van der Waals surface area (Å²) in [4.78, 5) is 18.6. The molecule has 2 heterocycles. The van der Waals surface area contributed by atoms with Gasteiger partial charge < -0.3 is 5.32 Å². The van der Waals surface area contributed by atoms with Crippen LogP contribution in [0.25, 0.3) is 0 Å². The molecule has 0 aromatic carbocycles. The molecule has 1 amide bonds. The largest absolute Gasteiger partial charge is 0.306 e. The van der Waals surface area contributed by atoms with E-state index in [-0.39, 0.29) is 5.91 Å². The second-order valence-electron chi connectivity index (χ2n) is 4.89. The lowest BCUT2D eigenvalue weighted by molar-refractivity contribution is 0.103. The highest BCUT2D eigenvalue weighted by atomic mass is 32.1. The van der Waals surface area contributed by atoms with Crippen LogP contribution in [-0.2, 0) is 12.8 Å². The molecule has 0 saturated carbocycles. The fourth-order valence-corrected chi connectivity index (χ4v) is 3.54. The maximum Gasteiger partial charge on any atom is 0.266 e. The SMILES string of the molecule is Cc1cccnc1NC(=O)c1cc2c(s1)CCCC2. The predicted molar refractivity (Wildman–Crippen MR) is 77.9 cm³/mol. The Bertz CT molecular complexity index is 595. The Morgan fingerprint density at radius 2 is 2.21 bits per heavy atom. The molecule has 1 aliphatic carbocycles. The van der Waals surface area contributed by atoms with Crippen LogP contribution in [0.1, 0.15) is 38.5 Å². The maximum atomic E-state index is 12.2. The van der Waals surface area contributed by atoms with Gasteiger partial charge in [0.2, 0.25) is 0 Å². The van der Waals surface area contributed by atoms with Gasteiger partial charge in [-0.3, -0.25) is 4.79 Å². The highest BCUT2D eigenvalue weighted by molar-refractivity contribution is 7.14. The van der Waals surface area contributed by atoms with Gasteiger partial charge in [-0.1, -0.05) is 6.07 Å². The van der Waals surface area contributed by atoms with Gasteiger partial charge in [-0.2, -0.15) is 0 Å². The van der Waals surface area contributed by atoms with Crippen molar-refractivity contribution in [2.45, 2.75) is 32.6 Å². The smallest absolute Gasteiger partial charge is 0.266 e. The number of aryl methyl sites for hydroxylation is 3. The van der Waals surface area contributed by atoms with Crippen molar-refractivity contribution in [2.75, 3.05) is 5.32 Å². The number of rotatable bonds is 2. The topological polar surface area (TPSA) is 42.0 Å². The van der Waals surface area contributed by atoms with Crippen LogP contribution in [0.2, 0.25) is 0 Å². The second kappa shape index (κ2) is 5.13. The molecule has 0 saturated heterocycles. The van der Waals surface area contributed by atoms with E-state index in [1.807, 2.05) is 25.1 Å². The van der Waals surface area contributed by atoms with Crippen molar-refractivity contribution in [3.05, 3.63) is 45.3 Å². The number of hydrogen-bond donors (Lipinski definition) is 1. The van der Waals surface area contributed by atoms with E-state index in [1.165, 1.54) is 23.3 Å². The summed E-state index contributed by atoms with van der Waals surface area (Å²) in [6.07, 6.45) is 6.41. The van der Waals surface area contributed by atoms with Crippen molar-refractivity contribution >= 4 is 23.1 Å². The van der Waals surface area contributed by atoms with Crippen LogP contribution in [-0.4, -0.2) is 10.9 Å². The van der Waals surface area contributed by atoms with Crippen molar-refractivity contribution in [3.63, 3.8) is 0 Å². The average molecular weight is 272 g/mol. The number of nitrogens with one attached hydrogen (secondary N) is 1. The summed E-state index contributed by atoms with van der Waals surface area (Å²) in [5.41, 5.74) is 2.34. The third-order valence-corrected chi connectivity index (χ3v) is 4.70. The molecule has 3 nitrogen and oxygen atoms in total. The molecule has 2 aromatic heterocycles. The summed E-state index contributed by atoms with van der Waals surface area (Å²) in [5, 5.41) is 2.90. The first-order valence-electron chi connectivity index (χ1n) is 6.58. The number of fused-ring (bicyclic) bond motifs is 1. The summed E-state index contributed by atoms with van der Waals surface area (Å²) in [6, 6.07) is 5.86. The van der Waals surface area contributed by atoms with E-state index in [0.29, 0.717) is 5.82 Å². The van der Waals surface area contributed by atoms with Gasteiger partial charge >= 0.3 is 0 Å². The highest BCUT2D eigenvalue weighted by Gasteiger charge is 2.17. The Morgan fingerprint density at radius 1 is 1.37 bits per heavy atom. The second-order valence-corrected chi connectivity index (χ2v) is 6.03. The molecule has 0 aliphatic heterocycles. The Morgan fingerprint density at radius 3 is 3.00 bits per heavy atom. The van der Waals surface area contributed by atoms with Gasteiger partial charge in [-0.15, -0.1) is 11.3 Å². The maximum absolute atomic E-state index is 12.2. The zero-order valence-electron chi connectivity index (χ0n) is 10.9. The predicted octanol–water partition coefficient (Wildman–Crippen LogP) is 3.58. The van der Waals surface area contributed by atoms with Gasteiger partial charge in [0.1, 0.15) is 5.82 Å². The number of thiophene rings is 1. The van der Waals surface area contributed by atoms with E-state index in [9.17, 15) is 4.79 Å². The number of hydrogen-bond acceptors (Lipinski definition) is 3. The molecule has 2 aromatic rings. The van der Waals surface area contributed by atoms with E-state index < -0.39 is 0 Å². The van der Waals surface area contributed by atoms with E-state index in [0.717, 1.165) is 23.3 Å². The molecule has 0 atom stereocenters. The van der Waals surface area contributed by atoms with Crippen molar-refractivity contribution < 1.29 is 4.79 Å². The fraction of sp³-hybridized carbons (Fsp3) is 0.333. The molecule has 0 radical (unpaired) electrons. The van der Waals surface area contributed by atoms with E-state index >= 15 is 0 Å². The monoisotopic (exact) mass is 272 g/mol. The molecule has 19 heavy (non-hydrogen) atoms. The number of anilines is 1. The first-order valence-corrected chi connectivity index (χ1v) is 7.40. The first kappa shape index (κ1) is 12.4. The molecule has 1 N–H and O–H groups in total. The lowest BCUT2D eigenvalue weighted by Gasteiger charge is -2.08. The lowest BCUT2D eigenvalue weighted by Crippen LogP contribution is -2.12.